The van der Waals surface area contributed by atoms with E-state index in [1.54, 1.807) is 0 Å². The van der Waals surface area contributed by atoms with Crippen LogP contribution in [-0.2, 0) is 14.3 Å². The van der Waals surface area contributed by atoms with Crippen LogP contribution in [0.15, 0.2) is 21.9 Å². The Labute approximate surface area is 109 Å². The third-order valence-corrected chi connectivity index (χ3v) is 3.05. The topological polar surface area (TPSA) is 90.4 Å². The molecular weight excluding hydrogens is 252 g/mol. The molecule has 1 aliphatic rings. The van der Waals surface area contributed by atoms with E-state index < -0.39 is 17.5 Å². The van der Waals surface area contributed by atoms with Gasteiger partial charge in [-0.1, -0.05) is 6.92 Å². The second-order valence-electron chi connectivity index (χ2n) is 4.68. The van der Waals surface area contributed by atoms with Crippen molar-refractivity contribution in [1.82, 2.24) is 9.55 Å². The number of carbonyl (C=O) groups is 1. The molecule has 0 saturated carbocycles. The molecule has 1 fully saturated rings. The molecule has 0 bridgehead atoms. The van der Waals surface area contributed by atoms with Gasteiger partial charge < -0.3 is 9.47 Å². The van der Waals surface area contributed by atoms with Gasteiger partial charge in [0, 0.05) is 25.1 Å². The third kappa shape index (κ3) is 3.11. The average Bonchev–Trinajstić information content (AvgIpc) is 2.68. The lowest BCUT2D eigenvalue weighted by molar-refractivity contribution is -0.145. The summed E-state index contributed by atoms with van der Waals surface area (Å²) in [7, 11) is 0. The lowest BCUT2D eigenvalue weighted by atomic mass is 10.1. The van der Waals surface area contributed by atoms with E-state index in [1.165, 1.54) is 23.8 Å². The average molecular weight is 268 g/mol. The van der Waals surface area contributed by atoms with Gasteiger partial charge in [0.15, 0.2) is 0 Å². The smallest absolute Gasteiger partial charge is 0.330 e. The summed E-state index contributed by atoms with van der Waals surface area (Å²) in [6.45, 7) is 3.45. The first-order valence-corrected chi connectivity index (χ1v) is 6.07. The molecule has 1 aromatic heterocycles. The van der Waals surface area contributed by atoms with Gasteiger partial charge >= 0.3 is 11.7 Å². The Bertz CT molecular complexity index is 576. The van der Waals surface area contributed by atoms with Crippen LogP contribution in [0.4, 0.5) is 0 Å². The molecule has 104 valence electrons. The minimum absolute atomic E-state index is 0.0872. The molecule has 2 heterocycles. The lowest BCUT2D eigenvalue weighted by Crippen LogP contribution is -2.33. The van der Waals surface area contributed by atoms with Crippen molar-refractivity contribution in [2.75, 3.05) is 6.61 Å². The minimum Gasteiger partial charge on any atom is -0.463 e. The number of aromatic nitrogens is 2. The molecule has 7 nitrogen and oxygen atoms in total. The Morgan fingerprint density at radius 3 is 2.95 bits per heavy atom. The first kappa shape index (κ1) is 13.5. The largest absolute Gasteiger partial charge is 0.463 e. The second-order valence-corrected chi connectivity index (χ2v) is 4.68. The van der Waals surface area contributed by atoms with Crippen LogP contribution in [0, 0.1) is 5.92 Å². The zero-order valence-corrected chi connectivity index (χ0v) is 10.8. The van der Waals surface area contributed by atoms with Gasteiger partial charge in [0.25, 0.3) is 5.56 Å². The van der Waals surface area contributed by atoms with Crippen molar-refractivity contribution in [2.45, 2.75) is 32.6 Å². The molecule has 1 aliphatic heterocycles. The number of H-pyrrole nitrogens is 1. The van der Waals surface area contributed by atoms with E-state index in [0.717, 1.165) is 0 Å². The summed E-state index contributed by atoms with van der Waals surface area (Å²) in [6, 6.07) is 1.27. The number of ether oxygens (including phenoxy) is 2. The maximum absolute atomic E-state index is 11.7. The van der Waals surface area contributed by atoms with Crippen LogP contribution >= 0.6 is 0 Å². The van der Waals surface area contributed by atoms with Gasteiger partial charge in [0.05, 0.1) is 6.10 Å². The summed E-state index contributed by atoms with van der Waals surface area (Å²) in [5, 5.41) is 0. The van der Waals surface area contributed by atoms with Crippen LogP contribution in [0.5, 0.6) is 0 Å². The Balaban J connectivity index is 2.11. The van der Waals surface area contributed by atoms with E-state index in [2.05, 4.69) is 4.98 Å². The van der Waals surface area contributed by atoms with Crippen molar-refractivity contribution in [1.29, 1.82) is 0 Å². The summed E-state index contributed by atoms with van der Waals surface area (Å²) < 4.78 is 11.9. The Morgan fingerprint density at radius 1 is 1.58 bits per heavy atom. The van der Waals surface area contributed by atoms with Crippen LogP contribution in [0.25, 0.3) is 0 Å². The van der Waals surface area contributed by atoms with Crippen LogP contribution in [0.2, 0.25) is 0 Å². The molecule has 1 saturated heterocycles. The van der Waals surface area contributed by atoms with Crippen LogP contribution in [0.3, 0.4) is 0 Å². The van der Waals surface area contributed by atoms with Crippen molar-refractivity contribution in [3.05, 3.63) is 33.1 Å². The summed E-state index contributed by atoms with van der Waals surface area (Å²) in [5.74, 6) is -0.273. The molecule has 0 radical (unpaired) electrons. The monoisotopic (exact) mass is 268 g/mol. The number of nitrogens with one attached hydrogen (secondary N) is 1. The predicted molar refractivity (Wildman–Crippen MR) is 65.6 cm³/mol. The molecule has 1 N–H and O–H groups in total. The molecule has 3 atom stereocenters. The Kier molecular flexibility index (Phi) is 3.84. The van der Waals surface area contributed by atoms with Crippen molar-refractivity contribution in [2.24, 2.45) is 5.92 Å². The Hall–Kier alpha value is -1.89. The quantitative estimate of drug-likeness (QED) is 0.781. The Morgan fingerprint density at radius 2 is 2.32 bits per heavy atom. The van der Waals surface area contributed by atoms with Gasteiger partial charge in [-0.15, -0.1) is 0 Å². The lowest BCUT2D eigenvalue weighted by Gasteiger charge is -2.17. The first-order chi connectivity index (χ1) is 8.97. The molecule has 3 unspecified atom stereocenters. The maximum Gasteiger partial charge on any atom is 0.330 e. The molecule has 1 aromatic rings. The fourth-order valence-electron chi connectivity index (χ4n) is 2.20. The number of carbonyl (C=O) groups excluding carboxylic acids is 1. The number of nitrogens with zero attached hydrogens (tertiary/aromatic N) is 1. The second kappa shape index (κ2) is 5.40. The van der Waals surface area contributed by atoms with E-state index in [9.17, 15) is 14.4 Å². The zero-order chi connectivity index (χ0) is 14.0. The van der Waals surface area contributed by atoms with Gasteiger partial charge in [0.1, 0.15) is 12.8 Å². The van der Waals surface area contributed by atoms with E-state index in [0.29, 0.717) is 6.42 Å². The maximum atomic E-state index is 11.7. The molecular formula is C12H16N2O5. The zero-order valence-electron chi connectivity index (χ0n) is 10.8. The molecule has 7 heteroatoms. The van der Waals surface area contributed by atoms with Crippen LogP contribution in [-0.4, -0.2) is 28.2 Å². The van der Waals surface area contributed by atoms with Crippen molar-refractivity contribution in [3.8, 4) is 0 Å². The highest BCUT2D eigenvalue weighted by Gasteiger charge is 2.34. The van der Waals surface area contributed by atoms with Gasteiger partial charge in [-0.2, -0.15) is 0 Å². The summed E-state index contributed by atoms with van der Waals surface area (Å²) in [5.41, 5.74) is -0.944. The molecule has 0 aromatic carbocycles. The van der Waals surface area contributed by atoms with Crippen LogP contribution in [0.1, 0.15) is 26.5 Å². The number of esters is 1. The summed E-state index contributed by atoms with van der Waals surface area (Å²) in [4.78, 5) is 35.6. The van der Waals surface area contributed by atoms with E-state index >= 15 is 0 Å². The van der Waals surface area contributed by atoms with Gasteiger partial charge in [-0.25, -0.2) is 4.79 Å². The SMILES string of the molecule is CC(=O)OCC1CC(C)C(n2ccc(=O)[nH]c2=O)O1. The van der Waals surface area contributed by atoms with E-state index in [-0.39, 0.29) is 24.6 Å². The van der Waals surface area contributed by atoms with Gasteiger partial charge in [-0.3, -0.25) is 19.1 Å². The van der Waals surface area contributed by atoms with E-state index in [4.69, 9.17) is 9.47 Å². The highest BCUT2D eigenvalue weighted by Crippen LogP contribution is 2.32. The van der Waals surface area contributed by atoms with Gasteiger partial charge in [0.2, 0.25) is 0 Å². The van der Waals surface area contributed by atoms with Crippen molar-refractivity contribution in [3.63, 3.8) is 0 Å². The fourth-order valence-corrected chi connectivity index (χ4v) is 2.20. The molecule has 0 spiro atoms. The predicted octanol–water partition coefficient (Wildman–Crippen LogP) is 0.0233. The number of hydrogen-bond donors (Lipinski definition) is 1. The normalized spacial score (nSPS) is 26.3. The van der Waals surface area contributed by atoms with E-state index in [1.807, 2.05) is 6.92 Å². The summed E-state index contributed by atoms with van der Waals surface area (Å²) >= 11 is 0. The van der Waals surface area contributed by atoms with Crippen molar-refractivity contribution >= 4 is 5.97 Å². The van der Waals surface area contributed by atoms with Gasteiger partial charge in [-0.05, 0) is 6.42 Å². The van der Waals surface area contributed by atoms with Crippen LogP contribution < -0.4 is 11.2 Å². The summed E-state index contributed by atoms with van der Waals surface area (Å²) in [6.07, 6.45) is 1.41. The third-order valence-electron chi connectivity index (χ3n) is 3.05. The van der Waals surface area contributed by atoms with Crippen molar-refractivity contribution < 1.29 is 14.3 Å². The molecule has 19 heavy (non-hydrogen) atoms. The minimum atomic E-state index is -0.502. The fraction of sp³-hybridized carbons (Fsp3) is 0.583. The first-order valence-electron chi connectivity index (χ1n) is 6.07. The molecule has 2 rings (SSSR count). The highest BCUT2D eigenvalue weighted by atomic mass is 16.6. The molecule has 0 amide bonds. The molecule has 0 aliphatic carbocycles. The number of rotatable bonds is 3. The number of aromatic amines is 1. The standard InChI is InChI=1S/C12H16N2O5/c1-7-5-9(6-18-8(2)15)19-11(7)14-4-3-10(16)13-12(14)17/h3-4,7,9,11H,5-6H2,1-2H3,(H,13,16,17). The number of hydrogen-bond acceptors (Lipinski definition) is 5. The highest BCUT2D eigenvalue weighted by molar-refractivity contribution is 5.65.